The minimum Gasteiger partial charge on any atom is -0.493 e. The Labute approximate surface area is 112 Å². The topological polar surface area (TPSA) is 87.6 Å². The highest BCUT2D eigenvalue weighted by atomic mass is 16.5. The van der Waals surface area contributed by atoms with E-state index in [2.05, 4.69) is 0 Å². The number of carbonyl (C=O) groups is 1. The van der Waals surface area contributed by atoms with E-state index in [0.29, 0.717) is 29.7 Å². The fourth-order valence-electron chi connectivity index (χ4n) is 2.23. The van der Waals surface area contributed by atoms with E-state index in [-0.39, 0.29) is 0 Å². The number of nitrogen functional groups attached to an aromatic ring is 1. The number of benzene rings is 1. The van der Waals surface area contributed by atoms with E-state index in [0.717, 1.165) is 32.3 Å². The predicted octanol–water partition coefficient (Wildman–Crippen LogP) is 1.71. The first-order chi connectivity index (χ1) is 9.16. The van der Waals surface area contributed by atoms with E-state index in [9.17, 15) is 4.79 Å². The summed E-state index contributed by atoms with van der Waals surface area (Å²) in [7, 11) is 0. The average molecular weight is 264 g/mol. The first-order valence-corrected chi connectivity index (χ1v) is 6.60. The second kappa shape index (κ2) is 6.43. The Morgan fingerprint density at radius 2 is 2.32 bits per heavy atom. The average Bonchev–Trinajstić information content (AvgIpc) is 2.87. The Balaban J connectivity index is 1.84. The molecule has 1 fully saturated rings. The maximum atomic E-state index is 11.3. The molecule has 1 aromatic rings. The van der Waals surface area contributed by atoms with Gasteiger partial charge in [-0.3, -0.25) is 4.79 Å². The molecule has 2 rings (SSSR count). The van der Waals surface area contributed by atoms with Crippen LogP contribution in [0.2, 0.25) is 0 Å². The van der Waals surface area contributed by atoms with Crippen LogP contribution >= 0.6 is 0 Å². The van der Waals surface area contributed by atoms with Crippen molar-refractivity contribution in [3.05, 3.63) is 23.8 Å². The van der Waals surface area contributed by atoms with Crippen LogP contribution in [0.15, 0.2) is 18.2 Å². The number of amides is 1. The number of primary amides is 1. The maximum Gasteiger partial charge on any atom is 0.252 e. The van der Waals surface area contributed by atoms with Crippen molar-refractivity contribution in [2.24, 2.45) is 5.73 Å². The van der Waals surface area contributed by atoms with Crippen molar-refractivity contribution in [3.8, 4) is 5.75 Å². The third-order valence-electron chi connectivity index (χ3n) is 3.22. The molecule has 1 aliphatic rings. The number of nitrogens with two attached hydrogens (primary N) is 2. The van der Waals surface area contributed by atoms with Gasteiger partial charge in [-0.15, -0.1) is 0 Å². The summed E-state index contributed by atoms with van der Waals surface area (Å²) in [5.74, 6) is -0.0473. The molecule has 0 saturated carbocycles. The monoisotopic (exact) mass is 264 g/mol. The van der Waals surface area contributed by atoms with Gasteiger partial charge in [0.25, 0.3) is 5.91 Å². The molecule has 1 atom stereocenters. The Morgan fingerprint density at radius 1 is 1.47 bits per heavy atom. The molecule has 0 radical (unpaired) electrons. The van der Waals surface area contributed by atoms with Crippen LogP contribution in [0.1, 0.15) is 36.0 Å². The first-order valence-electron chi connectivity index (χ1n) is 6.60. The van der Waals surface area contributed by atoms with Crippen molar-refractivity contribution in [1.82, 2.24) is 0 Å². The fraction of sp³-hybridized carbons (Fsp3) is 0.500. The summed E-state index contributed by atoms with van der Waals surface area (Å²) < 4.78 is 11.1. The van der Waals surface area contributed by atoms with Gasteiger partial charge in [0.2, 0.25) is 0 Å². The summed E-state index contributed by atoms with van der Waals surface area (Å²) in [5, 5.41) is 0. The van der Waals surface area contributed by atoms with Gasteiger partial charge in [0.15, 0.2) is 0 Å². The molecule has 1 aromatic carbocycles. The largest absolute Gasteiger partial charge is 0.493 e. The minimum atomic E-state index is -0.505. The van der Waals surface area contributed by atoms with E-state index < -0.39 is 5.91 Å². The van der Waals surface area contributed by atoms with E-state index in [1.165, 1.54) is 0 Å². The quantitative estimate of drug-likeness (QED) is 0.604. The Bertz CT molecular complexity index is 442. The second-order valence-electron chi connectivity index (χ2n) is 4.75. The molecular formula is C14H20N2O3. The lowest BCUT2D eigenvalue weighted by atomic mass is 10.1. The number of anilines is 1. The Morgan fingerprint density at radius 3 is 3.00 bits per heavy atom. The van der Waals surface area contributed by atoms with Crippen molar-refractivity contribution in [3.63, 3.8) is 0 Å². The highest BCUT2D eigenvalue weighted by Gasteiger charge is 2.15. The highest BCUT2D eigenvalue weighted by molar-refractivity contribution is 5.96. The standard InChI is InChI=1S/C14H20N2O3/c15-10-5-6-12(14(16)17)13(9-10)19-8-2-4-11-3-1-7-18-11/h5-6,9,11H,1-4,7-8,15H2,(H2,16,17). The van der Waals surface area contributed by atoms with Gasteiger partial charge in [-0.2, -0.15) is 0 Å². The van der Waals surface area contributed by atoms with Crippen molar-refractivity contribution < 1.29 is 14.3 Å². The summed E-state index contributed by atoms with van der Waals surface area (Å²) in [4.78, 5) is 11.3. The normalized spacial score (nSPS) is 18.4. The molecule has 0 spiro atoms. The molecular weight excluding hydrogens is 244 g/mol. The van der Waals surface area contributed by atoms with Crippen molar-refractivity contribution in [1.29, 1.82) is 0 Å². The molecule has 1 amide bonds. The molecule has 4 N–H and O–H groups in total. The molecule has 1 heterocycles. The molecule has 19 heavy (non-hydrogen) atoms. The van der Waals surface area contributed by atoms with Crippen LogP contribution in [0, 0.1) is 0 Å². The third-order valence-corrected chi connectivity index (χ3v) is 3.22. The summed E-state index contributed by atoms with van der Waals surface area (Å²) >= 11 is 0. The van der Waals surface area contributed by atoms with E-state index >= 15 is 0 Å². The third kappa shape index (κ3) is 3.86. The molecule has 1 saturated heterocycles. The van der Waals surface area contributed by atoms with Crippen molar-refractivity contribution in [2.75, 3.05) is 18.9 Å². The molecule has 5 nitrogen and oxygen atoms in total. The van der Waals surface area contributed by atoms with Crippen LogP contribution in [0.4, 0.5) is 5.69 Å². The number of hydrogen-bond acceptors (Lipinski definition) is 4. The van der Waals surface area contributed by atoms with Gasteiger partial charge in [0, 0.05) is 18.4 Å². The van der Waals surface area contributed by atoms with Gasteiger partial charge in [0.1, 0.15) is 5.75 Å². The minimum absolute atomic E-state index is 0.361. The summed E-state index contributed by atoms with van der Waals surface area (Å²) in [6.45, 7) is 1.40. The summed E-state index contributed by atoms with van der Waals surface area (Å²) in [6, 6.07) is 4.86. The molecule has 104 valence electrons. The molecule has 0 aliphatic carbocycles. The van der Waals surface area contributed by atoms with Crippen LogP contribution in [-0.4, -0.2) is 25.2 Å². The zero-order valence-electron chi connectivity index (χ0n) is 10.9. The van der Waals surface area contributed by atoms with E-state index in [1.807, 2.05) is 0 Å². The second-order valence-corrected chi connectivity index (χ2v) is 4.75. The summed E-state index contributed by atoms with van der Waals surface area (Å²) in [6.07, 6.45) is 4.50. The van der Waals surface area contributed by atoms with Gasteiger partial charge in [0.05, 0.1) is 18.3 Å². The lowest BCUT2D eigenvalue weighted by molar-refractivity contribution is 0.0967. The van der Waals surface area contributed by atoms with Crippen LogP contribution in [-0.2, 0) is 4.74 Å². The van der Waals surface area contributed by atoms with E-state index in [4.69, 9.17) is 20.9 Å². The maximum absolute atomic E-state index is 11.3. The van der Waals surface area contributed by atoms with Crippen LogP contribution in [0.5, 0.6) is 5.75 Å². The number of ether oxygens (including phenoxy) is 2. The summed E-state index contributed by atoms with van der Waals surface area (Å²) in [5.41, 5.74) is 11.9. The smallest absolute Gasteiger partial charge is 0.252 e. The Kier molecular flexibility index (Phi) is 4.63. The lowest BCUT2D eigenvalue weighted by Crippen LogP contribution is -2.14. The van der Waals surface area contributed by atoms with Crippen molar-refractivity contribution >= 4 is 11.6 Å². The predicted molar refractivity (Wildman–Crippen MR) is 73.1 cm³/mol. The van der Waals surface area contributed by atoms with Crippen LogP contribution in [0.25, 0.3) is 0 Å². The number of hydrogen-bond donors (Lipinski definition) is 2. The van der Waals surface area contributed by atoms with Crippen molar-refractivity contribution in [2.45, 2.75) is 31.8 Å². The van der Waals surface area contributed by atoms with Gasteiger partial charge >= 0.3 is 0 Å². The molecule has 1 aliphatic heterocycles. The first kappa shape index (κ1) is 13.7. The zero-order chi connectivity index (χ0) is 13.7. The molecule has 5 heteroatoms. The molecule has 0 bridgehead atoms. The lowest BCUT2D eigenvalue weighted by Gasteiger charge is -2.12. The number of rotatable bonds is 6. The van der Waals surface area contributed by atoms with Gasteiger partial charge < -0.3 is 20.9 Å². The zero-order valence-corrected chi connectivity index (χ0v) is 10.9. The van der Waals surface area contributed by atoms with Crippen LogP contribution < -0.4 is 16.2 Å². The van der Waals surface area contributed by atoms with E-state index in [1.54, 1.807) is 18.2 Å². The highest BCUT2D eigenvalue weighted by Crippen LogP contribution is 2.22. The van der Waals surface area contributed by atoms with Crippen LogP contribution in [0.3, 0.4) is 0 Å². The number of carbonyl (C=O) groups excluding carboxylic acids is 1. The molecule has 1 unspecified atom stereocenters. The fourth-order valence-corrected chi connectivity index (χ4v) is 2.23. The van der Waals surface area contributed by atoms with Gasteiger partial charge in [-0.25, -0.2) is 0 Å². The van der Waals surface area contributed by atoms with Gasteiger partial charge in [-0.05, 0) is 37.8 Å². The Hall–Kier alpha value is -1.75. The van der Waals surface area contributed by atoms with Gasteiger partial charge in [-0.1, -0.05) is 0 Å². The molecule has 0 aromatic heterocycles. The SMILES string of the molecule is NC(=O)c1ccc(N)cc1OCCCC1CCCO1.